The summed E-state index contributed by atoms with van der Waals surface area (Å²) in [6.07, 6.45) is 0. The van der Waals surface area contributed by atoms with Gasteiger partial charge in [0.15, 0.2) is 0 Å². The molecule has 0 nitrogen and oxygen atoms in total. The minimum atomic E-state index is -1.06. The highest BCUT2D eigenvalue weighted by molar-refractivity contribution is 6.77. The Bertz CT molecular complexity index is 128. The van der Waals surface area contributed by atoms with E-state index in [-0.39, 0.29) is 0 Å². The molecule has 0 aliphatic carbocycles. The molecule has 0 aromatic carbocycles. The van der Waals surface area contributed by atoms with Crippen LogP contribution in [0.3, 0.4) is 0 Å². The van der Waals surface area contributed by atoms with E-state index in [0.717, 1.165) is 5.54 Å². The van der Waals surface area contributed by atoms with Gasteiger partial charge in [-0.2, -0.15) is 0 Å². The summed E-state index contributed by atoms with van der Waals surface area (Å²) < 4.78 is 0. The smallest absolute Gasteiger partial charge is 0.0484 e. The van der Waals surface area contributed by atoms with Crippen molar-refractivity contribution >= 4 is 8.07 Å². The van der Waals surface area contributed by atoms with E-state index in [2.05, 4.69) is 61.2 Å². The highest BCUT2D eigenvalue weighted by Gasteiger charge is 2.43. The van der Waals surface area contributed by atoms with Crippen LogP contribution >= 0.6 is 0 Å². The van der Waals surface area contributed by atoms with Gasteiger partial charge in [0.1, 0.15) is 0 Å². The van der Waals surface area contributed by atoms with Crippen molar-refractivity contribution in [2.75, 3.05) is 0 Å². The van der Waals surface area contributed by atoms with E-state index in [1.165, 1.54) is 0 Å². The number of rotatable bonds is 1. The SMILES string of the molecule is CC(C)(C)C(C(C)(C)C)[Si](C)(C)C. The summed E-state index contributed by atoms with van der Waals surface area (Å²) in [5.74, 6) is 0. The summed E-state index contributed by atoms with van der Waals surface area (Å²) in [4.78, 5) is 0. The molecule has 80 valence electrons. The van der Waals surface area contributed by atoms with Gasteiger partial charge in [0.2, 0.25) is 0 Å². The average Bonchev–Trinajstić information content (AvgIpc) is 1.44. The third-order valence-corrected chi connectivity index (χ3v) is 6.06. The van der Waals surface area contributed by atoms with Gasteiger partial charge in [0, 0.05) is 8.07 Å². The minimum absolute atomic E-state index is 0.447. The van der Waals surface area contributed by atoms with Crippen molar-refractivity contribution in [3.8, 4) is 0 Å². The van der Waals surface area contributed by atoms with Gasteiger partial charge in [-0.15, -0.1) is 0 Å². The van der Waals surface area contributed by atoms with Gasteiger partial charge < -0.3 is 0 Å². The summed E-state index contributed by atoms with van der Waals surface area (Å²) in [6.45, 7) is 21.8. The molecule has 0 unspecified atom stereocenters. The minimum Gasteiger partial charge on any atom is -0.0693 e. The Morgan fingerprint density at radius 3 is 0.923 bits per heavy atom. The van der Waals surface area contributed by atoms with Crippen molar-refractivity contribution in [3.05, 3.63) is 0 Å². The quantitative estimate of drug-likeness (QED) is 0.534. The van der Waals surface area contributed by atoms with Crippen molar-refractivity contribution in [1.29, 1.82) is 0 Å². The van der Waals surface area contributed by atoms with Crippen LogP contribution < -0.4 is 0 Å². The fraction of sp³-hybridized carbons (Fsp3) is 1.00. The first-order chi connectivity index (χ1) is 5.37. The third kappa shape index (κ3) is 3.84. The zero-order valence-electron chi connectivity index (χ0n) is 11.1. The van der Waals surface area contributed by atoms with Crippen LogP contribution in [-0.2, 0) is 0 Å². The van der Waals surface area contributed by atoms with E-state index in [1.807, 2.05) is 0 Å². The van der Waals surface area contributed by atoms with Crippen LogP contribution in [0.25, 0.3) is 0 Å². The molecule has 0 aromatic rings. The highest BCUT2D eigenvalue weighted by atomic mass is 28.3. The Labute approximate surface area is 86.1 Å². The van der Waals surface area contributed by atoms with Crippen molar-refractivity contribution < 1.29 is 0 Å². The van der Waals surface area contributed by atoms with E-state index in [1.54, 1.807) is 0 Å². The first kappa shape index (κ1) is 13.2. The molecule has 0 spiro atoms. The Morgan fingerprint density at radius 2 is 0.923 bits per heavy atom. The Morgan fingerprint density at radius 1 is 0.692 bits per heavy atom. The Balaban J connectivity index is 5.02. The monoisotopic (exact) mass is 200 g/mol. The zero-order valence-corrected chi connectivity index (χ0v) is 12.1. The molecule has 0 fully saturated rings. The van der Waals surface area contributed by atoms with Crippen molar-refractivity contribution in [2.45, 2.75) is 66.7 Å². The van der Waals surface area contributed by atoms with Crippen molar-refractivity contribution in [3.63, 3.8) is 0 Å². The Hall–Kier alpha value is 0.217. The number of hydrogen-bond acceptors (Lipinski definition) is 0. The summed E-state index contributed by atoms with van der Waals surface area (Å²) in [6, 6.07) is 0. The topological polar surface area (TPSA) is 0 Å². The predicted molar refractivity (Wildman–Crippen MR) is 66.0 cm³/mol. The van der Waals surface area contributed by atoms with Crippen LogP contribution in [0, 0.1) is 10.8 Å². The predicted octanol–water partition coefficient (Wildman–Crippen LogP) is 4.79. The second-order valence-electron chi connectivity index (χ2n) is 7.53. The molecule has 0 saturated carbocycles. The van der Waals surface area contributed by atoms with Gasteiger partial charge in [-0.05, 0) is 16.4 Å². The van der Waals surface area contributed by atoms with E-state index in [4.69, 9.17) is 0 Å². The van der Waals surface area contributed by atoms with Crippen LogP contribution in [-0.4, -0.2) is 8.07 Å². The molecule has 0 N–H and O–H groups in total. The molecule has 0 radical (unpaired) electrons. The van der Waals surface area contributed by atoms with E-state index in [9.17, 15) is 0 Å². The first-order valence-electron chi connectivity index (χ1n) is 5.37. The van der Waals surface area contributed by atoms with Crippen molar-refractivity contribution in [2.24, 2.45) is 10.8 Å². The number of hydrogen-bond donors (Lipinski definition) is 0. The fourth-order valence-electron chi connectivity index (χ4n) is 3.90. The molecular weight excluding hydrogens is 172 g/mol. The summed E-state index contributed by atoms with van der Waals surface area (Å²) in [5.41, 5.74) is 1.76. The third-order valence-electron chi connectivity index (χ3n) is 2.60. The summed E-state index contributed by atoms with van der Waals surface area (Å²) in [7, 11) is -1.06. The fourth-order valence-corrected chi connectivity index (χ4v) is 9.09. The average molecular weight is 200 g/mol. The van der Waals surface area contributed by atoms with Crippen LogP contribution in [0.5, 0.6) is 0 Å². The van der Waals surface area contributed by atoms with E-state index < -0.39 is 8.07 Å². The largest absolute Gasteiger partial charge is 0.0693 e. The molecule has 0 aliphatic heterocycles. The first-order valence-corrected chi connectivity index (χ1v) is 8.94. The molecular formula is C12H28Si. The van der Waals surface area contributed by atoms with Gasteiger partial charge in [-0.1, -0.05) is 61.2 Å². The molecule has 13 heavy (non-hydrogen) atoms. The van der Waals surface area contributed by atoms with Gasteiger partial charge in [0.25, 0.3) is 0 Å². The second kappa shape index (κ2) is 3.41. The van der Waals surface area contributed by atoms with Crippen LogP contribution in [0.4, 0.5) is 0 Å². The molecule has 0 aliphatic rings. The molecule has 0 saturated heterocycles. The van der Waals surface area contributed by atoms with Gasteiger partial charge in [0.05, 0.1) is 0 Å². The normalized spacial score (nSPS) is 15.2. The van der Waals surface area contributed by atoms with Gasteiger partial charge in [-0.3, -0.25) is 0 Å². The maximum atomic E-state index is 2.49. The lowest BCUT2D eigenvalue weighted by Gasteiger charge is -2.48. The van der Waals surface area contributed by atoms with Crippen molar-refractivity contribution in [1.82, 2.24) is 0 Å². The maximum Gasteiger partial charge on any atom is 0.0484 e. The van der Waals surface area contributed by atoms with E-state index >= 15 is 0 Å². The molecule has 0 rings (SSSR count). The van der Waals surface area contributed by atoms with Crippen LogP contribution in [0.2, 0.25) is 25.2 Å². The van der Waals surface area contributed by atoms with E-state index in [0.29, 0.717) is 10.8 Å². The second-order valence-corrected chi connectivity index (χ2v) is 12.8. The van der Waals surface area contributed by atoms with Crippen LogP contribution in [0.15, 0.2) is 0 Å². The Kier molecular flexibility index (Phi) is 3.47. The lowest BCUT2D eigenvalue weighted by atomic mass is 9.76. The highest BCUT2D eigenvalue weighted by Crippen LogP contribution is 2.50. The molecule has 0 atom stereocenters. The van der Waals surface area contributed by atoms with Gasteiger partial charge in [-0.25, -0.2) is 0 Å². The standard InChI is InChI=1S/C12H28Si/c1-11(2,3)10(12(4,5)6)13(7,8)9/h10H,1-9H3. The molecule has 0 amide bonds. The lowest BCUT2D eigenvalue weighted by Crippen LogP contribution is -2.43. The maximum absolute atomic E-state index is 2.49. The lowest BCUT2D eigenvalue weighted by molar-refractivity contribution is 0.225. The molecule has 0 bridgehead atoms. The molecule has 1 heteroatoms. The molecule has 0 aromatic heterocycles. The summed E-state index contributed by atoms with van der Waals surface area (Å²) >= 11 is 0. The van der Waals surface area contributed by atoms with Gasteiger partial charge >= 0.3 is 0 Å². The van der Waals surface area contributed by atoms with Crippen LogP contribution in [0.1, 0.15) is 41.5 Å². The molecule has 0 heterocycles. The summed E-state index contributed by atoms with van der Waals surface area (Å²) in [5, 5.41) is 0. The zero-order chi connectivity index (χ0) is 11.1.